The number of fused-ring (bicyclic) bond motifs is 1. The van der Waals surface area contributed by atoms with Gasteiger partial charge in [-0.15, -0.1) is 0 Å². The van der Waals surface area contributed by atoms with Crippen molar-refractivity contribution >= 4 is 17.6 Å². The predicted molar refractivity (Wildman–Crippen MR) is 59.6 cm³/mol. The topological polar surface area (TPSA) is 64.6 Å². The smallest absolute Gasteiger partial charge is 0.310 e. The van der Waals surface area contributed by atoms with Gasteiger partial charge >= 0.3 is 5.97 Å². The minimum absolute atomic E-state index is 0.0856. The van der Waals surface area contributed by atoms with Gasteiger partial charge in [-0.1, -0.05) is 6.07 Å². The van der Waals surface area contributed by atoms with Crippen LogP contribution in [0.4, 0.5) is 5.69 Å². The van der Waals surface area contributed by atoms with E-state index in [2.05, 4.69) is 11.4 Å². The van der Waals surface area contributed by atoms with Crippen LogP contribution in [0.15, 0.2) is 18.2 Å². The molecule has 1 aliphatic heterocycles. The molecule has 1 amide bonds. The van der Waals surface area contributed by atoms with Crippen LogP contribution in [0.3, 0.4) is 0 Å². The first-order valence-electron chi connectivity index (χ1n) is 5.34. The summed E-state index contributed by atoms with van der Waals surface area (Å²) in [6.07, 6.45) is -0.915. The third-order valence-electron chi connectivity index (χ3n) is 2.30. The molecule has 0 bridgehead atoms. The van der Waals surface area contributed by atoms with Crippen LogP contribution in [0.2, 0.25) is 0 Å². The minimum atomic E-state index is -0.830. The molecule has 1 N–H and O–H groups in total. The Balaban J connectivity index is 2.07. The van der Waals surface area contributed by atoms with Crippen molar-refractivity contribution in [2.45, 2.75) is 19.4 Å². The molecule has 1 aliphatic rings. The zero-order valence-corrected chi connectivity index (χ0v) is 9.36. The first-order valence-corrected chi connectivity index (χ1v) is 5.34. The van der Waals surface area contributed by atoms with Gasteiger partial charge in [-0.2, -0.15) is 0 Å². The summed E-state index contributed by atoms with van der Waals surface area (Å²) < 4.78 is 10.2. The lowest BCUT2D eigenvalue weighted by Crippen LogP contribution is -2.38. The molecule has 0 spiro atoms. The summed E-state index contributed by atoms with van der Waals surface area (Å²) in [6.45, 7) is 2.00. The number of rotatable bonds is 3. The molecule has 0 saturated heterocycles. The summed E-state index contributed by atoms with van der Waals surface area (Å²) in [5.41, 5.74) is 0.567. The van der Waals surface area contributed by atoms with Crippen LogP contribution in [-0.2, 0) is 14.3 Å². The van der Waals surface area contributed by atoms with Gasteiger partial charge in [0.15, 0.2) is 6.10 Å². The van der Waals surface area contributed by atoms with E-state index in [4.69, 9.17) is 9.47 Å². The van der Waals surface area contributed by atoms with Crippen molar-refractivity contribution in [2.24, 2.45) is 0 Å². The van der Waals surface area contributed by atoms with Gasteiger partial charge in [0.25, 0.3) is 5.91 Å². The molecule has 5 nitrogen and oxygen atoms in total. The van der Waals surface area contributed by atoms with E-state index >= 15 is 0 Å². The SMILES string of the molecule is CCOC(=O)CC1Oc2cc[c]cc2NC1=O. The van der Waals surface area contributed by atoms with Gasteiger partial charge in [0.1, 0.15) is 5.75 Å². The van der Waals surface area contributed by atoms with Crippen LogP contribution in [0.5, 0.6) is 5.75 Å². The van der Waals surface area contributed by atoms with Gasteiger partial charge in [-0.25, -0.2) is 0 Å². The summed E-state index contributed by atoms with van der Waals surface area (Å²) in [6, 6.07) is 7.82. The second kappa shape index (κ2) is 4.86. The molecule has 0 aliphatic carbocycles. The van der Waals surface area contributed by atoms with Crippen LogP contribution in [0, 0.1) is 6.07 Å². The van der Waals surface area contributed by atoms with Crippen LogP contribution < -0.4 is 10.1 Å². The highest BCUT2D eigenvalue weighted by atomic mass is 16.5. The maximum Gasteiger partial charge on any atom is 0.310 e. The molecule has 0 aromatic heterocycles. The fourth-order valence-electron chi connectivity index (χ4n) is 1.54. The molecule has 17 heavy (non-hydrogen) atoms. The van der Waals surface area contributed by atoms with Crippen LogP contribution in [0.25, 0.3) is 0 Å². The molecule has 89 valence electrons. The Morgan fingerprint density at radius 1 is 1.65 bits per heavy atom. The Bertz CT molecular complexity index is 444. The van der Waals surface area contributed by atoms with Crippen LogP contribution in [0.1, 0.15) is 13.3 Å². The number of esters is 1. The fraction of sp³-hybridized carbons (Fsp3) is 0.333. The number of hydrogen-bond donors (Lipinski definition) is 1. The Labute approximate surface area is 98.7 Å². The van der Waals surface area contributed by atoms with Gasteiger partial charge in [0.05, 0.1) is 18.7 Å². The number of hydrogen-bond acceptors (Lipinski definition) is 4. The maximum absolute atomic E-state index is 11.6. The number of benzene rings is 1. The zero-order chi connectivity index (χ0) is 12.3. The van der Waals surface area contributed by atoms with Gasteiger partial charge < -0.3 is 14.8 Å². The van der Waals surface area contributed by atoms with Crippen molar-refractivity contribution in [3.05, 3.63) is 24.3 Å². The average Bonchev–Trinajstić information content (AvgIpc) is 2.30. The molecule has 1 radical (unpaired) electrons. The van der Waals surface area contributed by atoms with E-state index in [0.717, 1.165) is 0 Å². The van der Waals surface area contributed by atoms with Crippen molar-refractivity contribution in [3.8, 4) is 5.75 Å². The number of carbonyl (C=O) groups excluding carboxylic acids is 2. The number of amides is 1. The zero-order valence-electron chi connectivity index (χ0n) is 9.36. The second-order valence-corrected chi connectivity index (χ2v) is 3.53. The average molecular weight is 234 g/mol. The molecule has 1 unspecified atom stereocenters. The highest BCUT2D eigenvalue weighted by molar-refractivity contribution is 5.99. The Kier molecular flexibility index (Phi) is 3.27. The minimum Gasteiger partial charge on any atom is -0.478 e. The monoisotopic (exact) mass is 234 g/mol. The lowest BCUT2D eigenvalue weighted by molar-refractivity contribution is -0.147. The highest BCUT2D eigenvalue weighted by Gasteiger charge is 2.29. The van der Waals surface area contributed by atoms with E-state index in [1.165, 1.54) is 0 Å². The maximum atomic E-state index is 11.6. The lowest BCUT2D eigenvalue weighted by Gasteiger charge is -2.24. The summed E-state index contributed by atoms with van der Waals surface area (Å²) in [5, 5.41) is 2.65. The van der Waals surface area contributed by atoms with E-state index in [9.17, 15) is 9.59 Å². The number of anilines is 1. The standard InChI is InChI=1S/C12H12NO4/c1-2-16-11(14)7-10-12(15)13-8-5-3-4-6-9(8)17-10/h4-6,10H,2,7H2,1H3,(H,13,15). The van der Waals surface area contributed by atoms with Crippen molar-refractivity contribution in [1.82, 2.24) is 0 Å². The molecule has 5 heteroatoms. The van der Waals surface area contributed by atoms with E-state index in [1.807, 2.05) is 0 Å². The molecule has 0 saturated carbocycles. The molecular formula is C12H12NO4. The lowest BCUT2D eigenvalue weighted by atomic mass is 10.1. The third-order valence-corrected chi connectivity index (χ3v) is 2.30. The number of nitrogens with one attached hydrogen (secondary N) is 1. The van der Waals surface area contributed by atoms with Crippen molar-refractivity contribution in [2.75, 3.05) is 11.9 Å². The van der Waals surface area contributed by atoms with Crippen molar-refractivity contribution < 1.29 is 19.1 Å². The summed E-state index contributed by atoms with van der Waals surface area (Å²) in [5.74, 6) is -0.249. The summed E-state index contributed by atoms with van der Waals surface area (Å²) in [4.78, 5) is 22.9. The fourth-order valence-corrected chi connectivity index (χ4v) is 1.54. The predicted octanol–water partition coefficient (Wildman–Crippen LogP) is 1.14. The van der Waals surface area contributed by atoms with Crippen LogP contribution in [-0.4, -0.2) is 24.6 Å². The molecule has 1 aromatic rings. The third kappa shape index (κ3) is 2.55. The highest BCUT2D eigenvalue weighted by Crippen LogP contribution is 2.29. The van der Waals surface area contributed by atoms with E-state index < -0.39 is 12.1 Å². The quantitative estimate of drug-likeness (QED) is 0.796. The summed E-state index contributed by atoms with van der Waals surface area (Å²) in [7, 11) is 0. The number of ether oxygens (including phenoxy) is 2. The summed E-state index contributed by atoms with van der Waals surface area (Å²) >= 11 is 0. The molecule has 1 aromatic carbocycles. The van der Waals surface area contributed by atoms with Gasteiger partial charge in [-0.05, 0) is 25.1 Å². The molecular weight excluding hydrogens is 222 g/mol. The first-order chi connectivity index (χ1) is 8.20. The van der Waals surface area contributed by atoms with Crippen LogP contribution >= 0.6 is 0 Å². The van der Waals surface area contributed by atoms with Gasteiger partial charge in [-0.3, -0.25) is 9.59 Å². The normalized spacial score (nSPS) is 17.7. The van der Waals surface area contributed by atoms with Gasteiger partial charge in [0, 0.05) is 0 Å². The molecule has 2 rings (SSSR count). The molecule has 1 heterocycles. The Hall–Kier alpha value is -2.04. The van der Waals surface area contributed by atoms with Gasteiger partial charge in [0.2, 0.25) is 0 Å². The van der Waals surface area contributed by atoms with E-state index in [0.29, 0.717) is 18.0 Å². The second-order valence-electron chi connectivity index (χ2n) is 3.53. The van der Waals surface area contributed by atoms with E-state index in [-0.39, 0.29) is 12.3 Å². The van der Waals surface area contributed by atoms with Crippen molar-refractivity contribution in [3.63, 3.8) is 0 Å². The molecule has 1 atom stereocenters. The molecule has 0 fully saturated rings. The largest absolute Gasteiger partial charge is 0.478 e. The number of carbonyl (C=O) groups is 2. The first kappa shape index (κ1) is 11.4. The Morgan fingerprint density at radius 2 is 2.47 bits per heavy atom. The Morgan fingerprint density at radius 3 is 3.24 bits per heavy atom. The van der Waals surface area contributed by atoms with E-state index in [1.54, 1.807) is 25.1 Å². The van der Waals surface area contributed by atoms with Crippen molar-refractivity contribution in [1.29, 1.82) is 0 Å².